The molecule has 0 saturated carbocycles. The molecule has 0 spiro atoms. The molecule has 0 fully saturated rings. The van der Waals surface area contributed by atoms with E-state index in [1.54, 1.807) is 62.4 Å². The second-order valence-corrected chi connectivity index (χ2v) is 8.82. The summed E-state index contributed by atoms with van der Waals surface area (Å²) in [6.45, 7) is 3.35. The van der Waals surface area contributed by atoms with Gasteiger partial charge in [0.25, 0.3) is 0 Å². The number of ether oxygens (including phenoxy) is 2. The van der Waals surface area contributed by atoms with Crippen LogP contribution in [0.5, 0.6) is 0 Å². The van der Waals surface area contributed by atoms with E-state index in [0.717, 1.165) is 0 Å². The largest absolute Gasteiger partial charge is 0.480 e. The maximum Gasteiger partial charge on any atom is 0.420 e. The van der Waals surface area contributed by atoms with Gasteiger partial charge in [0.1, 0.15) is 25.3 Å². The number of carbonyl (C=O) groups is 4. The highest BCUT2D eigenvalue weighted by molar-refractivity contribution is 5.96. The summed E-state index contributed by atoms with van der Waals surface area (Å²) in [5.41, 5.74) is 6.96. The van der Waals surface area contributed by atoms with Gasteiger partial charge in [0, 0.05) is 0 Å². The van der Waals surface area contributed by atoms with E-state index in [1.165, 1.54) is 0 Å². The zero-order valence-electron chi connectivity index (χ0n) is 21.2. The zero-order valence-corrected chi connectivity index (χ0v) is 21.2. The number of imide groups is 1. The number of nitrogens with one attached hydrogen (secondary N) is 1. The molecule has 2 atom stereocenters. The van der Waals surface area contributed by atoms with E-state index in [-0.39, 0.29) is 19.6 Å². The van der Waals surface area contributed by atoms with Crippen LogP contribution in [0.1, 0.15) is 44.2 Å². The van der Waals surface area contributed by atoms with Gasteiger partial charge in [-0.15, -0.1) is 0 Å². The summed E-state index contributed by atoms with van der Waals surface area (Å²) >= 11 is 0. The normalized spacial score (nSPS) is 12.3. The predicted octanol–water partition coefficient (Wildman–Crippen LogP) is 3.69. The van der Waals surface area contributed by atoms with Crippen LogP contribution >= 0.6 is 0 Å². The van der Waals surface area contributed by atoms with E-state index >= 15 is 0 Å². The van der Waals surface area contributed by atoms with Gasteiger partial charge in [0.2, 0.25) is 5.91 Å². The molecule has 2 aromatic carbocycles. The highest BCUT2D eigenvalue weighted by Crippen LogP contribution is 2.17. The van der Waals surface area contributed by atoms with Crippen LogP contribution in [-0.4, -0.2) is 52.7 Å². The summed E-state index contributed by atoms with van der Waals surface area (Å²) in [6, 6.07) is 15.1. The molecule has 0 aromatic heterocycles. The summed E-state index contributed by atoms with van der Waals surface area (Å²) in [4.78, 5) is 52.0. The average molecular weight is 514 g/mol. The number of benzene rings is 2. The molecule has 3 amide bonds. The Balaban J connectivity index is 2.31. The minimum Gasteiger partial charge on any atom is -0.480 e. The average Bonchev–Trinajstić information content (AvgIpc) is 2.89. The molecule has 10 nitrogen and oxygen atoms in total. The Labute approximate surface area is 216 Å². The lowest BCUT2D eigenvalue weighted by atomic mass is 10.0. The number of hydrogen-bond acceptors (Lipinski definition) is 7. The van der Waals surface area contributed by atoms with Gasteiger partial charge in [0.05, 0.1) is 0 Å². The van der Waals surface area contributed by atoms with Crippen molar-refractivity contribution in [3.63, 3.8) is 0 Å². The van der Waals surface area contributed by atoms with E-state index < -0.39 is 42.1 Å². The Hall–Kier alpha value is -3.92. The third-order valence-corrected chi connectivity index (χ3v) is 5.58. The fourth-order valence-electron chi connectivity index (χ4n) is 3.53. The Bertz CT molecular complexity index is 960. The Morgan fingerprint density at radius 2 is 1.35 bits per heavy atom. The molecule has 0 saturated heterocycles. The smallest absolute Gasteiger partial charge is 0.420 e. The molecular formula is C27H35N3O7. The van der Waals surface area contributed by atoms with Gasteiger partial charge in [-0.25, -0.2) is 14.4 Å². The first-order chi connectivity index (χ1) is 17.7. The minimum atomic E-state index is -1.36. The number of carboxylic acid groups (broad SMARTS) is 1. The number of nitrogens with zero attached hydrogens (tertiary/aromatic N) is 1. The first-order valence-corrected chi connectivity index (χ1v) is 12.2. The number of hydrogen-bond donors (Lipinski definition) is 3. The molecule has 10 heteroatoms. The van der Waals surface area contributed by atoms with E-state index in [1.807, 2.05) is 12.1 Å². The number of rotatable bonds is 13. The lowest BCUT2D eigenvalue weighted by Crippen LogP contribution is -2.56. The quantitative estimate of drug-likeness (QED) is 0.344. The minimum absolute atomic E-state index is 0.0499. The molecule has 37 heavy (non-hydrogen) atoms. The van der Waals surface area contributed by atoms with E-state index in [4.69, 9.17) is 15.2 Å². The van der Waals surface area contributed by atoms with Crippen molar-refractivity contribution >= 4 is 24.1 Å². The lowest BCUT2D eigenvalue weighted by molar-refractivity contribution is -0.143. The second kappa shape index (κ2) is 15.2. The second-order valence-electron chi connectivity index (χ2n) is 8.82. The van der Waals surface area contributed by atoms with Crippen molar-refractivity contribution in [1.82, 2.24) is 10.2 Å². The van der Waals surface area contributed by atoms with Gasteiger partial charge in [-0.2, -0.15) is 4.90 Å². The Morgan fingerprint density at radius 1 is 0.865 bits per heavy atom. The molecule has 0 radical (unpaired) electrons. The standard InChI is InChI=1S/C27H35N3O7/c1-19(2)23(25(32)33)29-24(31)22(15-9-10-16-28)30(26(34)36-17-20-11-5-3-6-12-20)27(35)37-18-21-13-7-4-8-14-21/h3-8,11-14,19,22-23H,9-10,15-18,28H2,1-2H3,(H,29,31)(H,32,33)/t22-,23+/m0/s1. The number of carboxylic acids is 1. The van der Waals surface area contributed by atoms with E-state index in [0.29, 0.717) is 35.4 Å². The van der Waals surface area contributed by atoms with Gasteiger partial charge >= 0.3 is 18.2 Å². The van der Waals surface area contributed by atoms with Crippen LogP contribution in [0.2, 0.25) is 0 Å². The molecular weight excluding hydrogens is 478 g/mol. The molecule has 2 rings (SSSR count). The molecule has 200 valence electrons. The summed E-state index contributed by atoms with van der Waals surface area (Å²) < 4.78 is 10.7. The van der Waals surface area contributed by atoms with Crippen molar-refractivity contribution in [2.24, 2.45) is 11.7 Å². The van der Waals surface area contributed by atoms with Crippen molar-refractivity contribution in [3.8, 4) is 0 Å². The number of nitrogens with two attached hydrogens (primary N) is 1. The van der Waals surface area contributed by atoms with Gasteiger partial charge in [-0.3, -0.25) is 4.79 Å². The van der Waals surface area contributed by atoms with Crippen LogP contribution in [0, 0.1) is 5.92 Å². The Morgan fingerprint density at radius 3 is 1.76 bits per heavy atom. The van der Waals surface area contributed by atoms with Crippen LogP contribution < -0.4 is 11.1 Å². The molecule has 0 unspecified atom stereocenters. The van der Waals surface area contributed by atoms with Gasteiger partial charge in [-0.1, -0.05) is 74.5 Å². The van der Waals surface area contributed by atoms with Crippen molar-refractivity contribution < 1.29 is 33.8 Å². The van der Waals surface area contributed by atoms with Crippen molar-refractivity contribution in [2.45, 2.75) is 58.4 Å². The fourth-order valence-corrected chi connectivity index (χ4v) is 3.53. The fraction of sp³-hybridized carbons (Fsp3) is 0.407. The Kier molecular flexibility index (Phi) is 12.1. The SMILES string of the molecule is CC(C)[C@@H](NC(=O)[C@H](CCCCN)N(C(=O)OCc1ccccc1)C(=O)OCc1ccccc1)C(=O)O. The van der Waals surface area contributed by atoms with Gasteiger partial charge in [0.15, 0.2) is 0 Å². The summed E-state index contributed by atoms with van der Waals surface area (Å²) in [6.07, 6.45) is -1.17. The third-order valence-electron chi connectivity index (χ3n) is 5.58. The van der Waals surface area contributed by atoms with Crippen LogP contribution in [0.15, 0.2) is 60.7 Å². The maximum absolute atomic E-state index is 13.3. The predicted molar refractivity (Wildman–Crippen MR) is 136 cm³/mol. The van der Waals surface area contributed by atoms with Crippen molar-refractivity contribution in [1.29, 1.82) is 0 Å². The molecule has 0 aliphatic rings. The lowest BCUT2D eigenvalue weighted by Gasteiger charge is -2.29. The van der Waals surface area contributed by atoms with Gasteiger partial charge < -0.3 is 25.6 Å². The number of unbranched alkanes of at least 4 members (excludes halogenated alkanes) is 1. The van der Waals surface area contributed by atoms with Gasteiger partial charge in [-0.05, 0) is 42.9 Å². The first-order valence-electron chi connectivity index (χ1n) is 12.2. The summed E-state index contributed by atoms with van der Waals surface area (Å²) in [5.74, 6) is -2.46. The number of amides is 3. The van der Waals surface area contributed by atoms with Crippen LogP contribution in [-0.2, 0) is 32.3 Å². The highest BCUT2D eigenvalue weighted by Gasteiger charge is 2.39. The first kappa shape index (κ1) is 29.3. The van der Waals surface area contributed by atoms with Crippen LogP contribution in [0.4, 0.5) is 9.59 Å². The number of aliphatic carboxylic acids is 1. The summed E-state index contributed by atoms with van der Waals surface area (Å²) in [7, 11) is 0. The van der Waals surface area contributed by atoms with Crippen LogP contribution in [0.3, 0.4) is 0 Å². The number of carbonyl (C=O) groups excluding carboxylic acids is 3. The van der Waals surface area contributed by atoms with Crippen molar-refractivity contribution in [3.05, 3.63) is 71.8 Å². The van der Waals surface area contributed by atoms with E-state index in [2.05, 4.69) is 5.32 Å². The molecule has 2 aromatic rings. The van der Waals surface area contributed by atoms with Crippen LogP contribution in [0.25, 0.3) is 0 Å². The van der Waals surface area contributed by atoms with E-state index in [9.17, 15) is 24.3 Å². The maximum atomic E-state index is 13.3. The topological polar surface area (TPSA) is 148 Å². The molecule has 0 heterocycles. The monoisotopic (exact) mass is 513 g/mol. The zero-order chi connectivity index (χ0) is 27.2. The molecule has 0 bridgehead atoms. The molecule has 0 aliphatic heterocycles. The van der Waals surface area contributed by atoms with Crippen molar-refractivity contribution in [2.75, 3.05) is 6.54 Å². The molecule has 0 aliphatic carbocycles. The summed E-state index contributed by atoms with van der Waals surface area (Å²) in [5, 5.41) is 12.0. The highest BCUT2D eigenvalue weighted by atomic mass is 16.6. The third kappa shape index (κ3) is 9.57. The molecule has 4 N–H and O–H groups in total.